The summed E-state index contributed by atoms with van der Waals surface area (Å²) >= 11 is 0. The van der Waals surface area contributed by atoms with Crippen molar-refractivity contribution in [3.05, 3.63) is 72.6 Å². The first kappa shape index (κ1) is 24.3. The molecule has 0 bridgehead atoms. The van der Waals surface area contributed by atoms with Gasteiger partial charge in [-0.3, -0.25) is 9.67 Å². The van der Waals surface area contributed by atoms with E-state index < -0.39 is 5.60 Å². The van der Waals surface area contributed by atoms with Gasteiger partial charge in [0.15, 0.2) is 0 Å². The highest BCUT2D eigenvalue weighted by molar-refractivity contribution is 5.95. The average Bonchev–Trinajstić information content (AvgIpc) is 3.29. The molecule has 188 valence electrons. The second-order valence-corrected chi connectivity index (χ2v) is 10.2. The highest BCUT2D eigenvalue weighted by Crippen LogP contribution is 2.35. The van der Waals surface area contributed by atoms with Crippen molar-refractivity contribution in [2.75, 3.05) is 13.1 Å². The number of pyridine rings is 1. The molecule has 4 aromatic rings. The number of ether oxygens (including phenoxy) is 2. The molecule has 5 rings (SSSR count). The van der Waals surface area contributed by atoms with E-state index in [0.717, 1.165) is 46.5 Å². The van der Waals surface area contributed by atoms with Crippen LogP contribution in [0.4, 0.5) is 4.79 Å². The van der Waals surface area contributed by atoms with E-state index in [4.69, 9.17) is 14.6 Å². The number of amides is 1. The van der Waals surface area contributed by atoms with Crippen molar-refractivity contribution in [3.8, 4) is 28.8 Å². The normalized spacial score (nSPS) is 15.8. The molecule has 1 aliphatic heterocycles. The van der Waals surface area contributed by atoms with Crippen LogP contribution >= 0.6 is 0 Å². The van der Waals surface area contributed by atoms with Crippen molar-refractivity contribution in [3.63, 3.8) is 0 Å². The monoisotopic (exact) mass is 495 g/mol. The maximum atomic E-state index is 12.8. The second kappa shape index (κ2) is 9.94. The summed E-state index contributed by atoms with van der Waals surface area (Å²) in [5.74, 6) is 1.48. The lowest BCUT2D eigenvalue weighted by Gasteiger charge is -2.34. The number of piperidine rings is 1. The highest BCUT2D eigenvalue weighted by Gasteiger charge is 2.31. The summed E-state index contributed by atoms with van der Waals surface area (Å²) in [5, 5.41) is 15.6. The number of nitriles is 1. The zero-order valence-corrected chi connectivity index (χ0v) is 21.2. The molecule has 1 aliphatic rings. The van der Waals surface area contributed by atoms with Crippen LogP contribution in [0.1, 0.15) is 45.2 Å². The molecule has 0 aliphatic carbocycles. The molecule has 1 saturated heterocycles. The lowest BCUT2D eigenvalue weighted by molar-refractivity contribution is 0.0169. The minimum atomic E-state index is -0.564. The van der Waals surface area contributed by atoms with E-state index in [2.05, 4.69) is 11.1 Å². The Morgan fingerprint density at radius 3 is 2.49 bits per heavy atom. The number of hydrogen-bond donors (Lipinski definition) is 0. The Morgan fingerprint density at radius 1 is 1.05 bits per heavy atom. The average molecular weight is 496 g/mol. The standard InChI is InChI=1S/C29H29N5O3/c1-29(2,3)37-28(35)33-15-7-8-22(19-33)34-27-21(16-30)17-31-18-25(27)26(32-34)20-11-13-24(14-12-20)36-23-9-5-4-6-10-23/h4-6,9-14,17-18,22H,7-8,15,19H2,1-3H3. The quantitative estimate of drug-likeness (QED) is 0.328. The number of fused-ring (bicyclic) bond motifs is 1. The van der Waals surface area contributed by atoms with Gasteiger partial charge in [0.05, 0.1) is 17.1 Å². The third-order valence-corrected chi connectivity index (χ3v) is 6.23. The third kappa shape index (κ3) is 5.26. The molecule has 37 heavy (non-hydrogen) atoms. The molecule has 1 unspecified atom stereocenters. The van der Waals surface area contributed by atoms with Crippen molar-refractivity contribution in [1.82, 2.24) is 19.7 Å². The lowest BCUT2D eigenvalue weighted by atomic mass is 10.0. The zero-order valence-electron chi connectivity index (χ0n) is 21.2. The minimum Gasteiger partial charge on any atom is -0.457 e. The number of rotatable bonds is 4. The molecule has 2 aromatic heterocycles. The fourth-order valence-electron chi connectivity index (χ4n) is 4.60. The number of benzene rings is 2. The summed E-state index contributed by atoms with van der Waals surface area (Å²) in [5.41, 5.74) is 2.25. The topological polar surface area (TPSA) is 93.3 Å². The summed E-state index contributed by atoms with van der Waals surface area (Å²) in [6.45, 7) is 6.68. The summed E-state index contributed by atoms with van der Waals surface area (Å²) < 4.78 is 13.4. The predicted octanol–water partition coefficient (Wildman–Crippen LogP) is 6.33. The molecule has 1 atom stereocenters. The third-order valence-electron chi connectivity index (χ3n) is 6.23. The van der Waals surface area contributed by atoms with Gasteiger partial charge in [0.1, 0.15) is 28.9 Å². The molecular weight excluding hydrogens is 466 g/mol. The molecule has 1 amide bonds. The molecule has 8 heteroatoms. The predicted molar refractivity (Wildman–Crippen MR) is 140 cm³/mol. The van der Waals surface area contributed by atoms with Gasteiger partial charge in [-0.15, -0.1) is 0 Å². The Balaban J connectivity index is 1.48. The number of aromatic nitrogens is 3. The van der Waals surface area contributed by atoms with Gasteiger partial charge in [0, 0.05) is 36.4 Å². The first-order chi connectivity index (χ1) is 17.8. The Hall–Kier alpha value is -4.38. The van der Waals surface area contributed by atoms with Crippen LogP contribution in [0, 0.1) is 11.3 Å². The first-order valence-electron chi connectivity index (χ1n) is 12.4. The lowest BCUT2D eigenvalue weighted by Crippen LogP contribution is -2.43. The van der Waals surface area contributed by atoms with E-state index in [0.29, 0.717) is 18.7 Å². The van der Waals surface area contributed by atoms with Gasteiger partial charge in [0.25, 0.3) is 0 Å². The van der Waals surface area contributed by atoms with Gasteiger partial charge in [-0.05, 0) is 70.0 Å². The van der Waals surface area contributed by atoms with Crippen molar-refractivity contribution < 1.29 is 14.3 Å². The number of hydrogen-bond acceptors (Lipinski definition) is 6. The SMILES string of the molecule is CC(C)(C)OC(=O)N1CCCC(n2nc(-c3ccc(Oc4ccccc4)cc3)c3cncc(C#N)c32)C1. The maximum Gasteiger partial charge on any atom is 0.410 e. The second-order valence-electron chi connectivity index (χ2n) is 10.2. The van der Waals surface area contributed by atoms with Crippen molar-refractivity contribution in [2.24, 2.45) is 0 Å². The molecular formula is C29H29N5O3. The zero-order chi connectivity index (χ0) is 26.0. The molecule has 0 spiro atoms. The molecule has 1 fully saturated rings. The fourth-order valence-corrected chi connectivity index (χ4v) is 4.60. The van der Waals surface area contributed by atoms with Crippen LogP contribution < -0.4 is 4.74 Å². The largest absolute Gasteiger partial charge is 0.457 e. The molecule has 8 nitrogen and oxygen atoms in total. The fraction of sp³-hybridized carbons (Fsp3) is 0.310. The van der Waals surface area contributed by atoms with Gasteiger partial charge in [-0.2, -0.15) is 10.4 Å². The van der Waals surface area contributed by atoms with Crippen LogP contribution in [0.5, 0.6) is 11.5 Å². The van der Waals surface area contributed by atoms with E-state index >= 15 is 0 Å². The molecule has 0 saturated carbocycles. The summed E-state index contributed by atoms with van der Waals surface area (Å²) in [6, 6.07) is 19.5. The molecule has 0 radical (unpaired) electrons. The van der Waals surface area contributed by atoms with Gasteiger partial charge < -0.3 is 14.4 Å². The number of carbonyl (C=O) groups excluding carboxylic acids is 1. The van der Waals surface area contributed by atoms with Crippen LogP contribution in [0.25, 0.3) is 22.2 Å². The maximum absolute atomic E-state index is 12.8. The van der Waals surface area contributed by atoms with E-state index in [-0.39, 0.29) is 12.1 Å². The van der Waals surface area contributed by atoms with Crippen LogP contribution in [0.3, 0.4) is 0 Å². The van der Waals surface area contributed by atoms with Crippen molar-refractivity contribution >= 4 is 17.0 Å². The van der Waals surface area contributed by atoms with Gasteiger partial charge in [-0.25, -0.2) is 4.79 Å². The van der Waals surface area contributed by atoms with E-state index in [1.54, 1.807) is 17.3 Å². The Morgan fingerprint density at radius 2 is 1.78 bits per heavy atom. The number of carbonyl (C=O) groups is 1. The van der Waals surface area contributed by atoms with Crippen molar-refractivity contribution in [2.45, 2.75) is 45.3 Å². The van der Waals surface area contributed by atoms with E-state index in [1.807, 2.05) is 80.1 Å². The number of likely N-dealkylation sites (tertiary alicyclic amines) is 1. The minimum absolute atomic E-state index is 0.0901. The summed E-state index contributed by atoms with van der Waals surface area (Å²) in [6.07, 6.45) is 4.64. The van der Waals surface area contributed by atoms with Crippen LogP contribution in [-0.4, -0.2) is 44.4 Å². The van der Waals surface area contributed by atoms with E-state index in [1.165, 1.54) is 0 Å². The Kier molecular flexibility index (Phi) is 6.53. The van der Waals surface area contributed by atoms with Gasteiger partial charge in [-0.1, -0.05) is 18.2 Å². The van der Waals surface area contributed by atoms with Crippen LogP contribution in [-0.2, 0) is 4.74 Å². The molecule has 0 N–H and O–H groups in total. The summed E-state index contributed by atoms with van der Waals surface area (Å²) in [7, 11) is 0. The number of para-hydroxylation sites is 1. The van der Waals surface area contributed by atoms with Crippen LogP contribution in [0.2, 0.25) is 0 Å². The van der Waals surface area contributed by atoms with E-state index in [9.17, 15) is 10.1 Å². The van der Waals surface area contributed by atoms with Crippen molar-refractivity contribution in [1.29, 1.82) is 5.26 Å². The van der Waals surface area contributed by atoms with Gasteiger partial charge >= 0.3 is 6.09 Å². The molecule has 3 heterocycles. The summed E-state index contributed by atoms with van der Waals surface area (Å²) in [4.78, 5) is 18.8. The smallest absolute Gasteiger partial charge is 0.410 e. The van der Waals surface area contributed by atoms with Gasteiger partial charge in [0.2, 0.25) is 0 Å². The first-order valence-corrected chi connectivity index (χ1v) is 12.4. The molecule has 2 aromatic carbocycles. The Bertz CT molecular complexity index is 1450. The number of nitrogens with zero attached hydrogens (tertiary/aromatic N) is 5. The van der Waals surface area contributed by atoms with Crippen LogP contribution in [0.15, 0.2) is 67.0 Å². The Labute approximate surface area is 216 Å². The highest BCUT2D eigenvalue weighted by atomic mass is 16.6.